The number of pyridine rings is 1. The van der Waals surface area contributed by atoms with Crippen molar-refractivity contribution in [3.8, 4) is 0 Å². The van der Waals surface area contributed by atoms with Crippen LogP contribution in [0.4, 0.5) is 8.78 Å². The third kappa shape index (κ3) is 3.46. The van der Waals surface area contributed by atoms with Crippen molar-refractivity contribution in [1.82, 2.24) is 10.3 Å². The number of carbonyl (C=O) groups is 1. The SMILES string of the molecule is O=C(NC(c1ccccc1)c1ccccn1)c1ccc(F)c(F)c1. The Morgan fingerprint density at radius 2 is 1.67 bits per heavy atom. The monoisotopic (exact) mass is 324 g/mol. The predicted octanol–water partition coefficient (Wildman–Crippen LogP) is 3.88. The summed E-state index contributed by atoms with van der Waals surface area (Å²) in [7, 11) is 0. The van der Waals surface area contributed by atoms with E-state index in [0.29, 0.717) is 5.69 Å². The van der Waals surface area contributed by atoms with Crippen LogP contribution < -0.4 is 5.32 Å². The van der Waals surface area contributed by atoms with Crippen LogP contribution in [-0.4, -0.2) is 10.9 Å². The number of hydrogen-bond acceptors (Lipinski definition) is 2. The van der Waals surface area contributed by atoms with Crippen LogP contribution in [0.25, 0.3) is 0 Å². The maximum absolute atomic E-state index is 13.4. The normalized spacial score (nSPS) is 11.8. The minimum Gasteiger partial charge on any atom is -0.340 e. The molecule has 0 saturated heterocycles. The van der Waals surface area contributed by atoms with E-state index in [1.165, 1.54) is 6.07 Å². The second kappa shape index (κ2) is 7.00. The van der Waals surface area contributed by atoms with Gasteiger partial charge in [0.25, 0.3) is 5.91 Å². The number of benzene rings is 2. The van der Waals surface area contributed by atoms with E-state index in [1.54, 1.807) is 18.3 Å². The zero-order chi connectivity index (χ0) is 16.9. The van der Waals surface area contributed by atoms with Gasteiger partial charge in [0.15, 0.2) is 11.6 Å². The smallest absolute Gasteiger partial charge is 0.252 e. The van der Waals surface area contributed by atoms with E-state index in [0.717, 1.165) is 17.7 Å². The molecule has 1 amide bonds. The molecular formula is C19H14F2N2O. The van der Waals surface area contributed by atoms with E-state index in [4.69, 9.17) is 0 Å². The largest absolute Gasteiger partial charge is 0.340 e. The lowest BCUT2D eigenvalue weighted by molar-refractivity contribution is 0.0941. The average molecular weight is 324 g/mol. The molecule has 3 rings (SSSR count). The Morgan fingerprint density at radius 3 is 2.33 bits per heavy atom. The molecule has 2 aromatic carbocycles. The molecule has 1 aromatic heterocycles. The number of amides is 1. The van der Waals surface area contributed by atoms with Crippen LogP contribution in [0.2, 0.25) is 0 Å². The maximum Gasteiger partial charge on any atom is 0.252 e. The topological polar surface area (TPSA) is 42.0 Å². The number of nitrogens with one attached hydrogen (secondary N) is 1. The summed E-state index contributed by atoms with van der Waals surface area (Å²) in [5.41, 5.74) is 1.54. The third-order valence-corrected chi connectivity index (χ3v) is 3.57. The molecule has 1 unspecified atom stereocenters. The highest BCUT2D eigenvalue weighted by Gasteiger charge is 2.19. The third-order valence-electron chi connectivity index (χ3n) is 3.57. The standard InChI is InChI=1S/C19H14F2N2O/c20-15-10-9-14(12-16(15)21)19(24)23-18(13-6-2-1-3-7-13)17-8-4-5-11-22-17/h1-12,18H,(H,23,24). The molecule has 0 spiro atoms. The van der Waals surface area contributed by atoms with Gasteiger partial charge in [-0.2, -0.15) is 0 Å². The van der Waals surface area contributed by atoms with Crippen LogP contribution in [0.1, 0.15) is 27.7 Å². The van der Waals surface area contributed by atoms with Gasteiger partial charge in [-0.25, -0.2) is 8.78 Å². The van der Waals surface area contributed by atoms with Crippen molar-refractivity contribution in [2.45, 2.75) is 6.04 Å². The highest BCUT2D eigenvalue weighted by Crippen LogP contribution is 2.21. The average Bonchev–Trinajstić information content (AvgIpc) is 2.63. The van der Waals surface area contributed by atoms with Crippen molar-refractivity contribution >= 4 is 5.91 Å². The molecule has 0 bridgehead atoms. The Balaban J connectivity index is 1.92. The van der Waals surface area contributed by atoms with Crippen LogP contribution in [0, 0.1) is 11.6 Å². The molecule has 0 saturated carbocycles. The lowest BCUT2D eigenvalue weighted by Crippen LogP contribution is -2.30. The molecule has 3 nitrogen and oxygen atoms in total. The van der Waals surface area contributed by atoms with Crippen molar-refractivity contribution in [2.24, 2.45) is 0 Å². The minimum atomic E-state index is -1.06. The predicted molar refractivity (Wildman–Crippen MR) is 86.3 cm³/mol. The highest BCUT2D eigenvalue weighted by molar-refractivity contribution is 5.94. The second-order valence-electron chi connectivity index (χ2n) is 5.20. The molecule has 3 aromatic rings. The second-order valence-corrected chi connectivity index (χ2v) is 5.20. The molecule has 1 heterocycles. The quantitative estimate of drug-likeness (QED) is 0.791. The van der Waals surface area contributed by atoms with Crippen LogP contribution in [0.5, 0.6) is 0 Å². The lowest BCUT2D eigenvalue weighted by atomic mass is 10.0. The van der Waals surface area contributed by atoms with Crippen LogP contribution >= 0.6 is 0 Å². The first kappa shape index (κ1) is 15.8. The van der Waals surface area contributed by atoms with Gasteiger partial charge in [-0.1, -0.05) is 36.4 Å². The fourth-order valence-corrected chi connectivity index (χ4v) is 2.37. The number of carbonyl (C=O) groups excluding carboxylic acids is 1. The van der Waals surface area contributed by atoms with Gasteiger partial charge in [0.1, 0.15) is 0 Å². The summed E-state index contributed by atoms with van der Waals surface area (Å²) in [6, 6.07) is 17.3. The summed E-state index contributed by atoms with van der Waals surface area (Å²) in [4.78, 5) is 16.7. The van der Waals surface area contributed by atoms with Gasteiger partial charge in [0.2, 0.25) is 0 Å². The van der Waals surface area contributed by atoms with Crippen LogP contribution in [0.3, 0.4) is 0 Å². The van der Waals surface area contributed by atoms with Gasteiger partial charge in [-0.05, 0) is 35.9 Å². The molecule has 1 atom stereocenters. The molecule has 0 aliphatic rings. The molecule has 120 valence electrons. The van der Waals surface area contributed by atoms with Gasteiger partial charge in [-0.15, -0.1) is 0 Å². The van der Waals surface area contributed by atoms with E-state index >= 15 is 0 Å². The van der Waals surface area contributed by atoms with Gasteiger partial charge < -0.3 is 5.32 Å². The van der Waals surface area contributed by atoms with E-state index in [9.17, 15) is 13.6 Å². The fourth-order valence-electron chi connectivity index (χ4n) is 2.37. The molecular weight excluding hydrogens is 310 g/mol. The number of hydrogen-bond donors (Lipinski definition) is 1. The van der Waals surface area contributed by atoms with Crippen molar-refractivity contribution in [1.29, 1.82) is 0 Å². The van der Waals surface area contributed by atoms with Gasteiger partial charge in [0.05, 0.1) is 11.7 Å². The fraction of sp³-hybridized carbons (Fsp3) is 0.0526. The zero-order valence-electron chi connectivity index (χ0n) is 12.6. The first-order valence-electron chi connectivity index (χ1n) is 7.37. The molecule has 0 aliphatic heterocycles. The van der Waals surface area contributed by atoms with Crippen LogP contribution in [0.15, 0.2) is 72.9 Å². The first-order chi connectivity index (χ1) is 11.6. The number of halogens is 2. The molecule has 0 radical (unpaired) electrons. The Hall–Kier alpha value is -3.08. The Morgan fingerprint density at radius 1 is 0.917 bits per heavy atom. The summed E-state index contributed by atoms with van der Waals surface area (Å²) in [6.07, 6.45) is 1.63. The van der Waals surface area contributed by atoms with Gasteiger partial charge >= 0.3 is 0 Å². The van der Waals surface area contributed by atoms with E-state index in [1.807, 2.05) is 36.4 Å². The Bertz CT molecular complexity index is 799. The van der Waals surface area contributed by atoms with Gasteiger partial charge in [-0.3, -0.25) is 9.78 Å². The minimum absolute atomic E-state index is 0.0470. The molecule has 24 heavy (non-hydrogen) atoms. The first-order valence-corrected chi connectivity index (χ1v) is 7.37. The summed E-state index contributed by atoms with van der Waals surface area (Å²) in [6.45, 7) is 0. The highest BCUT2D eigenvalue weighted by atomic mass is 19.2. The lowest BCUT2D eigenvalue weighted by Gasteiger charge is -2.19. The Labute approximate surface area is 138 Å². The number of rotatable bonds is 4. The van der Waals surface area contributed by atoms with Gasteiger partial charge in [0, 0.05) is 11.8 Å². The Kier molecular flexibility index (Phi) is 4.61. The summed E-state index contributed by atoms with van der Waals surface area (Å²) in [5.74, 6) is -2.55. The zero-order valence-corrected chi connectivity index (χ0v) is 12.6. The van der Waals surface area contributed by atoms with Crippen LogP contribution in [-0.2, 0) is 0 Å². The molecule has 0 aliphatic carbocycles. The van der Waals surface area contributed by atoms with Crippen molar-refractivity contribution in [3.63, 3.8) is 0 Å². The number of aromatic nitrogens is 1. The van der Waals surface area contributed by atoms with E-state index in [2.05, 4.69) is 10.3 Å². The molecule has 1 N–H and O–H groups in total. The molecule has 5 heteroatoms. The number of nitrogens with zero attached hydrogens (tertiary/aromatic N) is 1. The molecule has 0 fully saturated rings. The summed E-state index contributed by atoms with van der Waals surface area (Å²) < 4.78 is 26.4. The van der Waals surface area contributed by atoms with E-state index in [-0.39, 0.29) is 5.56 Å². The maximum atomic E-state index is 13.4. The van der Waals surface area contributed by atoms with Crippen molar-refractivity contribution in [3.05, 3.63) is 101 Å². The van der Waals surface area contributed by atoms with Crippen molar-refractivity contribution in [2.75, 3.05) is 0 Å². The summed E-state index contributed by atoms with van der Waals surface area (Å²) in [5, 5.41) is 2.82. The summed E-state index contributed by atoms with van der Waals surface area (Å²) >= 11 is 0. The van der Waals surface area contributed by atoms with E-state index < -0.39 is 23.6 Å². The van der Waals surface area contributed by atoms with Crippen molar-refractivity contribution < 1.29 is 13.6 Å².